The summed E-state index contributed by atoms with van der Waals surface area (Å²) in [5, 5.41) is 25.7. The van der Waals surface area contributed by atoms with Gasteiger partial charge in [0.05, 0.1) is 0 Å². The smallest absolute Gasteiger partial charge is 0.102 e. The summed E-state index contributed by atoms with van der Waals surface area (Å²) in [4.78, 5) is 0.0972. The third-order valence-electron chi connectivity index (χ3n) is 2.73. The normalized spacial score (nSPS) is 11.3. The maximum atomic E-state index is 11.5. The summed E-state index contributed by atoms with van der Waals surface area (Å²) in [6, 6.07) is 19.0. The second-order valence-electron chi connectivity index (χ2n) is 4.13. The second kappa shape index (κ2) is 6.39. The molecular weight excluding hydrogens is 242 g/mol. The van der Waals surface area contributed by atoms with Crippen LogP contribution in [0.2, 0.25) is 0 Å². The van der Waals surface area contributed by atoms with Crippen LogP contribution in [-0.2, 0) is 13.1 Å². The lowest BCUT2D eigenvalue weighted by molar-refractivity contribution is -0.698. The van der Waals surface area contributed by atoms with Gasteiger partial charge in [0.25, 0.3) is 0 Å². The van der Waals surface area contributed by atoms with Gasteiger partial charge >= 0.3 is 0 Å². The first-order valence-electron chi connectivity index (χ1n) is 5.93. The van der Waals surface area contributed by atoms with Gasteiger partial charge in [0.1, 0.15) is 13.1 Å². The molecule has 0 fully saturated rings. The molecule has 0 spiro atoms. The van der Waals surface area contributed by atoms with Crippen LogP contribution in [0.3, 0.4) is 0 Å². The van der Waals surface area contributed by atoms with Gasteiger partial charge in [-0.05, 0) is 16.4 Å². The van der Waals surface area contributed by atoms with Gasteiger partial charge in [-0.25, -0.2) is 0 Å². The number of hydrogen-bond donors (Lipinski definition) is 0. The van der Waals surface area contributed by atoms with Crippen LogP contribution >= 0.6 is 0 Å². The van der Waals surface area contributed by atoms with Crippen LogP contribution in [0.1, 0.15) is 11.1 Å². The van der Waals surface area contributed by atoms with E-state index in [0.717, 1.165) is 11.1 Å². The van der Waals surface area contributed by atoms with E-state index in [-0.39, 0.29) is 4.97 Å². The molecule has 0 amide bonds. The summed E-state index contributed by atoms with van der Waals surface area (Å²) >= 11 is 0. The highest BCUT2D eigenvalue weighted by molar-refractivity contribution is 5.16. The van der Waals surface area contributed by atoms with Crippen molar-refractivity contribution in [2.45, 2.75) is 13.1 Å². The summed E-state index contributed by atoms with van der Waals surface area (Å²) < 4.78 is 0. The maximum absolute atomic E-state index is 11.5. The fourth-order valence-electron chi connectivity index (χ4n) is 1.82. The van der Waals surface area contributed by atoms with Crippen LogP contribution in [0.15, 0.2) is 65.9 Å². The molecule has 0 aromatic heterocycles. The van der Waals surface area contributed by atoms with Gasteiger partial charge in [0.2, 0.25) is 0 Å². The van der Waals surface area contributed by atoms with Crippen LogP contribution in [0.4, 0.5) is 0 Å². The third kappa shape index (κ3) is 3.70. The van der Waals surface area contributed by atoms with Crippen molar-refractivity contribution in [3.05, 3.63) is 82.2 Å². The summed E-state index contributed by atoms with van der Waals surface area (Å²) in [6.07, 6.45) is 0. The van der Waals surface area contributed by atoms with E-state index in [1.165, 1.54) is 5.01 Å². The van der Waals surface area contributed by atoms with E-state index in [9.17, 15) is 10.4 Å². The van der Waals surface area contributed by atoms with E-state index in [0.29, 0.717) is 13.1 Å². The first-order chi connectivity index (χ1) is 9.29. The molecular formula is C14H14N3O2-. The Kier molecular flexibility index (Phi) is 4.34. The molecule has 0 atom stereocenters. The molecule has 0 saturated heterocycles. The Balaban J connectivity index is 2.13. The molecule has 19 heavy (non-hydrogen) atoms. The molecule has 0 radical (unpaired) electrons. The predicted octanol–water partition coefficient (Wildman–Crippen LogP) is 3.06. The Hall–Kier alpha value is -2.56. The number of hydrazine groups is 1. The van der Waals surface area contributed by atoms with Crippen molar-refractivity contribution in [2.24, 2.45) is 5.28 Å². The molecule has 0 saturated carbocycles. The average molecular weight is 256 g/mol. The zero-order valence-corrected chi connectivity index (χ0v) is 10.3. The minimum Gasteiger partial charge on any atom is -0.737 e. The van der Waals surface area contributed by atoms with E-state index < -0.39 is 0 Å². The zero-order chi connectivity index (χ0) is 13.5. The molecule has 2 rings (SSSR count). The summed E-state index contributed by atoms with van der Waals surface area (Å²) in [5.74, 6) is 0. The predicted molar refractivity (Wildman–Crippen MR) is 71.6 cm³/mol. The molecule has 2 aromatic rings. The first kappa shape index (κ1) is 12.9. The lowest BCUT2D eigenvalue weighted by atomic mass is 10.2. The highest BCUT2D eigenvalue weighted by Gasteiger charge is 2.12. The Labute approximate surface area is 111 Å². The lowest BCUT2D eigenvalue weighted by Gasteiger charge is -2.19. The van der Waals surface area contributed by atoms with Crippen molar-refractivity contribution in [3.63, 3.8) is 0 Å². The second-order valence-corrected chi connectivity index (χ2v) is 4.13. The van der Waals surface area contributed by atoms with Crippen LogP contribution in [0, 0.1) is 10.4 Å². The van der Waals surface area contributed by atoms with Crippen molar-refractivity contribution < 1.29 is 4.97 Å². The van der Waals surface area contributed by atoms with Crippen molar-refractivity contribution in [3.8, 4) is 0 Å². The van der Waals surface area contributed by atoms with Crippen molar-refractivity contribution >= 4 is 0 Å². The molecule has 0 aliphatic carbocycles. The van der Waals surface area contributed by atoms with Crippen LogP contribution in [0.5, 0.6) is 0 Å². The number of hydrogen-bond acceptors (Lipinski definition) is 3. The number of nitrogens with zero attached hydrogens (tertiary/aromatic N) is 3. The molecule has 0 aliphatic rings. The van der Waals surface area contributed by atoms with Gasteiger partial charge < -0.3 is 10.4 Å². The minimum atomic E-state index is 0.0972. The molecule has 0 unspecified atom stereocenters. The van der Waals surface area contributed by atoms with Crippen LogP contribution in [-0.4, -0.2) is 9.98 Å². The molecule has 2 aromatic carbocycles. The maximum Gasteiger partial charge on any atom is 0.102 e. The van der Waals surface area contributed by atoms with Crippen molar-refractivity contribution in [1.29, 1.82) is 0 Å². The monoisotopic (exact) mass is 256 g/mol. The molecule has 0 aliphatic heterocycles. The molecule has 0 bridgehead atoms. The quantitative estimate of drug-likeness (QED) is 0.469. The van der Waals surface area contributed by atoms with E-state index in [1.807, 2.05) is 60.7 Å². The number of rotatable bonds is 5. The van der Waals surface area contributed by atoms with E-state index >= 15 is 0 Å². The largest absolute Gasteiger partial charge is 0.737 e. The fraction of sp³-hybridized carbons (Fsp3) is 0.143. The van der Waals surface area contributed by atoms with E-state index in [4.69, 9.17) is 0 Å². The highest BCUT2D eigenvalue weighted by Crippen LogP contribution is 2.10. The Bertz CT molecular complexity index is 487. The molecule has 5 heteroatoms. The Morgan fingerprint density at radius 2 is 1.26 bits per heavy atom. The Morgan fingerprint density at radius 3 is 1.63 bits per heavy atom. The molecule has 0 heterocycles. The molecule has 0 N–H and O–H groups in total. The zero-order valence-electron chi connectivity index (χ0n) is 10.3. The first-order valence-corrected chi connectivity index (χ1v) is 5.93. The van der Waals surface area contributed by atoms with Gasteiger partial charge in [-0.3, -0.25) is 0 Å². The lowest BCUT2D eigenvalue weighted by Crippen LogP contribution is -2.29. The van der Waals surface area contributed by atoms with Gasteiger partial charge in [-0.2, -0.15) is 0 Å². The molecule has 5 nitrogen and oxygen atoms in total. The van der Waals surface area contributed by atoms with Gasteiger partial charge in [-0.1, -0.05) is 60.7 Å². The minimum absolute atomic E-state index is 0.0972. The van der Waals surface area contributed by atoms with Crippen molar-refractivity contribution in [1.82, 2.24) is 5.01 Å². The topological polar surface area (TPSA) is 64.7 Å². The third-order valence-corrected chi connectivity index (χ3v) is 2.73. The summed E-state index contributed by atoms with van der Waals surface area (Å²) in [7, 11) is 0. The summed E-state index contributed by atoms with van der Waals surface area (Å²) in [5.41, 5.74) is 1.89. The highest BCUT2D eigenvalue weighted by atomic mass is 16.6. The molecule has 98 valence electrons. The van der Waals surface area contributed by atoms with Crippen LogP contribution in [0.25, 0.3) is 0 Å². The van der Waals surface area contributed by atoms with Gasteiger partial charge in [-0.15, -0.1) is 5.01 Å². The van der Waals surface area contributed by atoms with E-state index in [2.05, 4.69) is 5.28 Å². The van der Waals surface area contributed by atoms with Crippen LogP contribution < -0.4 is 0 Å². The Morgan fingerprint density at radius 1 is 0.842 bits per heavy atom. The standard InChI is InChI=1S/C14H15N3O2/c18-15-17(19)16(11-13-7-3-1-4-8-13)12-14-9-5-2-6-10-14/h1-10,18H,11-12H2/p-1/b17-15-. The average Bonchev–Trinajstić information content (AvgIpc) is 2.48. The fourth-order valence-corrected chi connectivity index (χ4v) is 1.82. The van der Waals surface area contributed by atoms with Gasteiger partial charge in [0, 0.05) is 4.97 Å². The summed E-state index contributed by atoms with van der Waals surface area (Å²) in [6.45, 7) is 0.677. The SMILES string of the molecule is [O-]/N=[N+](\[O-])N(Cc1ccccc1)Cc1ccccc1. The van der Waals surface area contributed by atoms with E-state index in [1.54, 1.807) is 0 Å². The van der Waals surface area contributed by atoms with Gasteiger partial charge in [0.15, 0.2) is 0 Å². The van der Waals surface area contributed by atoms with Crippen molar-refractivity contribution in [2.75, 3.05) is 0 Å². The number of benzene rings is 2.